The van der Waals surface area contributed by atoms with Crippen LogP contribution in [-0.2, 0) is 31.6 Å². The molecule has 1 aliphatic heterocycles. The van der Waals surface area contributed by atoms with Crippen molar-refractivity contribution < 1.29 is 61.0 Å². The van der Waals surface area contributed by atoms with Crippen LogP contribution in [0.5, 0.6) is 5.75 Å². The molecule has 4 rings (SSSR count). The number of aliphatic hydroxyl groups is 2. The van der Waals surface area contributed by atoms with Gasteiger partial charge in [0.25, 0.3) is 0 Å². The maximum absolute atomic E-state index is 12.2. The number of hydrogen-bond donors (Lipinski definition) is 6. The number of fused-ring (bicyclic) bond motifs is 1. The van der Waals surface area contributed by atoms with Crippen LogP contribution in [0.15, 0.2) is 37.2 Å². The first-order valence-electron chi connectivity index (χ1n) is 9.87. The number of hydrogen-bond acceptors (Lipinski definition) is 15. The summed E-state index contributed by atoms with van der Waals surface area (Å²) >= 11 is 0. The molecule has 3 aromatic heterocycles. The van der Waals surface area contributed by atoms with E-state index < -0.39 is 54.6 Å². The summed E-state index contributed by atoms with van der Waals surface area (Å²) in [7, 11) is -16.5. The Balaban J connectivity index is 1.38. The number of phosphoric ester groups is 2. The Morgan fingerprint density at radius 2 is 1.76 bits per heavy atom. The monoisotopic (exact) mass is 584 g/mol. The molecular formula is C15H19N6O13P3. The highest BCUT2D eigenvalue weighted by molar-refractivity contribution is 7.67. The van der Waals surface area contributed by atoms with Crippen LogP contribution in [0.25, 0.3) is 11.2 Å². The number of nitrogen functional groups attached to an aromatic ring is 1. The molecule has 4 heterocycles. The van der Waals surface area contributed by atoms with Crippen LogP contribution in [0, 0.1) is 0 Å². The molecule has 0 amide bonds. The largest absolute Gasteiger partial charge is 0.536 e. The Kier molecular flexibility index (Phi) is 7.79. The van der Waals surface area contributed by atoms with Crippen molar-refractivity contribution in [3.8, 4) is 5.75 Å². The molecule has 0 spiro atoms. The van der Waals surface area contributed by atoms with Crippen molar-refractivity contribution in [2.75, 3.05) is 12.3 Å². The lowest BCUT2D eigenvalue weighted by molar-refractivity contribution is -0.0503. The van der Waals surface area contributed by atoms with E-state index in [4.69, 9.17) is 10.5 Å². The molecule has 7 N–H and O–H groups in total. The van der Waals surface area contributed by atoms with Gasteiger partial charge < -0.3 is 35.0 Å². The number of aliphatic hydroxyl groups excluding tert-OH is 2. The van der Waals surface area contributed by atoms with Crippen LogP contribution in [0.4, 0.5) is 5.82 Å². The van der Waals surface area contributed by atoms with Gasteiger partial charge >= 0.3 is 23.5 Å². The summed E-state index contributed by atoms with van der Waals surface area (Å²) in [6.07, 6.45) is -1.39. The molecule has 0 radical (unpaired) electrons. The van der Waals surface area contributed by atoms with Crippen LogP contribution in [0.3, 0.4) is 0 Å². The van der Waals surface area contributed by atoms with E-state index in [2.05, 4.69) is 37.6 Å². The highest BCUT2D eigenvalue weighted by Gasteiger charge is 2.47. The summed E-state index contributed by atoms with van der Waals surface area (Å²) in [5.41, 5.74) is 6.05. The number of phosphoric acid groups is 3. The van der Waals surface area contributed by atoms with Gasteiger partial charge in [0.2, 0.25) is 0 Å². The average molecular weight is 584 g/mol. The fraction of sp³-hybridized carbons (Fsp3) is 0.333. The molecule has 3 aromatic rings. The molecule has 0 aromatic carbocycles. The molecule has 3 unspecified atom stereocenters. The second kappa shape index (κ2) is 10.4. The van der Waals surface area contributed by atoms with Gasteiger partial charge in [0.05, 0.1) is 19.1 Å². The van der Waals surface area contributed by atoms with Crippen molar-refractivity contribution in [1.82, 2.24) is 24.5 Å². The number of pyridine rings is 1. The third kappa shape index (κ3) is 6.56. The maximum atomic E-state index is 12.2. The average Bonchev–Trinajstić information content (AvgIpc) is 3.33. The number of nitrogens with zero attached hydrogens (tertiary/aromatic N) is 5. The summed E-state index contributed by atoms with van der Waals surface area (Å²) in [6.45, 7) is -0.949. The van der Waals surface area contributed by atoms with E-state index >= 15 is 0 Å². The highest BCUT2D eigenvalue weighted by Crippen LogP contribution is 2.67. The van der Waals surface area contributed by atoms with Crippen molar-refractivity contribution in [2.24, 2.45) is 0 Å². The minimum atomic E-state index is -5.73. The van der Waals surface area contributed by atoms with E-state index in [1.807, 2.05) is 0 Å². The second-order valence-electron chi connectivity index (χ2n) is 7.27. The molecule has 22 heteroatoms. The predicted molar refractivity (Wildman–Crippen MR) is 118 cm³/mol. The SMILES string of the molecule is Nc1ncnc2c1ncn2[C@@H]1O[C@H](COP(=O)(O)OP(=O)(O)OP(=O)(O)Oc2cccnc2)[C@@H](O)[C@H]1O. The van der Waals surface area contributed by atoms with E-state index in [0.29, 0.717) is 0 Å². The Hall–Kier alpha value is -2.37. The normalized spacial score (nSPS) is 26.8. The molecule has 1 aliphatic rings. The third-order valence-electron chi connectivity index (χ3n) is 4.67. The van der Waals surface area contributed by atoms with Crippen LogP contribution >= 0.6 is 23.5 Å². The topological polar surface area (TPSA) is 281 Å². The summed E-state index contributed by atoms with van der Waals surface area (Å²) < 4.78 is 59.9. The quantitative estimate of drug-likeness (QED) is 0.169. The number of ether oxygens (including phenoxy) is 1. The standard InChI is InChI=1S/C15H19N6O13P3/c16-13-10-14(19-6-18-13)21(7-20-10)15-12(23)11(22)9(31-15)5-30-35(24,25)33-37(28,29)34-36(26,27)32-8-2-1-3-17-4-8/h1-4,6-7,9,11-12,15,22-23H,5H2,(H,24,25)(H,26,27)(H,28,29)(H2,16,18,19)/t9-,11-,12-,15-/m1/s1. The lowest BCUT2D eigenvalue weighted by Crippen LogP contribution is -2.33. The van der Waals surface area contributed by atoms with Gasteiger partial charge in [-0.2, -0.15) is 8.62 Å². The van der Waals surface area contributed by atoms with Crippen LogP contribution in [-0.4, -0.2) is 74.3 Å². The Morgan fingerprint density at radius 1 is 1.03 bits per heavy atom. The van der Waals surface area contributed by atoms with E-state index in [-0.39, 0.29) is 22.7 Å². The first-order valence-corrected chi connectivity index (χ1v) is 14.4. The highest BCUT2D eigenvalue weighted by atomic mass is 31.3. The molecule has 0 saturated carbocycles. The molecule has 37 heavy (non-hydrogen) atoms. The molecule has 7 atom stereocenters. The van der Waals surface area contributed by atoms with Gasteiger partial charge in [-0.1, -0.05) is 0 Å². The minimum absolute atomic E-state index is 0.0453. The third-order valence-corrected chi connectivity index (χ3v) is 8.89. The molecule has 1 fully saturated rings. The van der Waals surface area contributed by atoms with Crippen molar-refractivity contribution in [3.63, 3.8) is 0 Å². The van der Waals surface area contributed by atoms with Gasteiger partial charge in [0.15, 0.2) is 17.7 Å². The lowest BCUT2D eigenvalue weighted by atomic mass is 10.1. The zero-order chi connectivity index (χ0) is 27.0. The molecule has 202 valence electrons. The summed E-state index contributed by atoms with van der Waals surface area (Å²) in [5.74, 6) is -0.277. The minimum Gasteiger partial charge on any atom is -0.402 e. The van der Waals surface area contributed by atoms with Crippen molar-refractivity contribution >= 4 is 40.4 Å². The molecule has 1 saturated heterocycles. The van der Waals surface area contributed by atoms with E-state index in [1.54, 1.807) is 0 Å². The van der Waals surface area contributed by atoms with Crippen molar-refractivity contribution in [1.29, 1.82) is 0 Å². The summed E-state index contributed by atoms with van der Waals surface area (Å²) in [4.78, 5) is 44.4. The smallest absolute Gasteiger partial charge is 0.402 e. The van der Waals surface area contributed by atoms with Crippen molar-refractivity contribution in [2.45, 2.75) is 24.5 Å². The molecule has 0 bridgehead atoms. The number of nitrogens with two attached hydrogens (primary N) is 1. The van der Waals surface area contributed by atoms with Crippen LogP contribution in [0.2, 0.25) is 0 Å². The summed E-state index contributed by atoms with van der Waals surface area (Å²) in [6, 6.07) is 2.49. The van der Waals surface area contributed by atoms with Gasteiger partial charge in [-0.05, 0) is 12.1 Å². The van der Waals surface area contributed by atoms with Gasteiger partial charge in [-0.15, -0.1) is 0 Å². The molecule has 19 nitrogen and oxygen atoms in total. The van der Waals surface area contributed by atoms with E-state index in [1.165, 1.54) is 29.2 Å². The zero-order valence-electron chi connectivity index (χ0n) is 18.1. The van der Waals surface area contributed by atoms with Gasteiger partial charge in [0.1, 0.15) is 35.9 Å². The van der Waals surface area contributed by atoms with Crippen LogP contribution < -0.4 is 10.3 Å². The maximum Gasteiger partial charge on any atom is 0.536 e. The number of aromatic nitrogens is 5. The van der Waals surface area contributed by atoms with Crippen LogP contribution in [0.1, 0.15) is 6.23 Å². The number of imidazole rings is 1. The second-order valence-corrected chi connectivity index (χ2v) is 11.8. The number of rotatable bonds is 10. The van der Waals surface area contributed by atoms with E-state index in [0.717, 1.165) is 12.5 Å². The van der Waals surface area contributed by atoms with Crippen molar-refractivity contribution in [3.05, 3.63) is 37.2 Å². The lowest BCUT2D eigenvalue weighted by Gasteiger charge is -2.20. The molecular weight excluding hydrogens is 565 g/mol. The Bertz CT molecular complexity index is 1410. The zero-order valence-corrected chi connectivity index (χ0v) is 20.8. The first kappa shape index (κ1) is 27.7. The molecule has 0 aliphatic carbocycles. The first-order chi connectivity index (χ1) is 17.3. The fourth-order valence-corrected chi connectivity index (χ4v) is 6.68. The predicted octanol–water partition coefficient (Wildman–Crippen LogP) is -0.147. The van der Waals surface area contributed by atoms with Gasteiger partial charge in [0, 0.05) is 6.20 Å². The van der Waals surface area contributed by atoms with Gasteiger partial charge in [-0.3, -0.25) is 19.0 Å². The Labute approximate surface area is 206 Å². The summed E-state index contributed by atoms with van der Waals surface area (Å²) in [5, 5.41) is 20.7. The Morgan fingerprint density at radius 3 is 2.46 bits per heavy atom. The van der Waals surface area contributed by atoms with E-state index in [9.17, 15) is 38.6 Å². The fourth-order valence-electron chi connectivity index (χ4n) is 3.17. The van der Waals surface area contributed by atoms with Gasteiger partial charge in [-0.25, -0.2) is 28.6 Å². The number of anilines is 1.